The Morgan fingerprint density at radius 3 is 1.78 bits per heavy atom. The average molecular weight is 585 g/mol. The van der Waals surface area contributed by atoms with E-state index in [1.165, 1.54) is 16.7 Å². The second kappa shape index (κ2) is 14.8. The first-order chi connectivity index (χ1) is 19.8. The number of hydrogen-bond donors (Lipinski definition) is 0. The van der Waals surface area contributed by atoms with Crippen molar-refractivity contribution in [2.24, 2.45) is 0 Å². The van der Waals surface area contributed by atoms with Gasteiger partial charge in [-0.3, -0.25) is 0 Å². The zero-order valence-corrected chi connectivity index (χ0v) is 26.5. The molecule has 2 heterocycles. The van der Waals surface area contributed by atoms with Crippen molar-refractivity contribution in [2.45, 2.75) is 77.5 Å². The molecule has 0 spiro atoms. The van der Waals surface area contributed by atoms with Crippen LogP contribution in [0.15, 0.2) is 49.1 Å². The van der Waals surface area contributed by atoms with Crippen LogP contribution >= 0.6 is 0 Å². The molecule has 2 unspecified atom stereocenters. The van der Waals surface area contributed by atoms with Gasteiger partial charge in [-0.25, -0.2) is 0 Å². The van der Waals surface area contributed by atoms with E-state index in [0.717, 1.165) is 55.6 Å². The maximum Gasteiger partial charge on any atom is 0.500 e. The third-order valence-electron chi connectivity index (χ3n) is 7.60. The normalized spacial score (nSPS) is 18.3. The van der Waals surface area contributed by atoms with Crippen LogP contribution in [0.4, 0.5) is 0 Å². The van der Waals surface area contributed by atoms with E-state index in [9.17, 15) is 0 Å². The van der Waals surface area contributed by atoms with Crippen molar-refractivity contribution in [1.29, 1.82) is 0 Å². The van der Waals surface area contributed by atoms with E-state index < -0.39 is 8.80 Å². The summed E-state index contributed by atoms with van der Waals surface area (Å²) in [7, 11) is -2.71. The summed E-state index contributed by atoms with van der Waals surface area (Å²) < 4.78 is 41.3. The van der Waals surface area contributed by atoms with Crippen molar-refractivity contribution in [3.05, 3.63) is 71.3 Å². The van der Waals surface area contributed by atoms with E-state index in [0.29, 0.717) is 33.0 Å². The maximum atomic E-state index is 6.23. The van der Waals surface area contributed by atoms with Gasteiger partial charge < -0.3 is 32.2 Å². The Labute approximate surface area is 247 Å². The Balaban J connectivity index is 1.56. The lowest BCUT2D eigenvalue weighted by molar-refractivity contribution is 0.0708. The second-order valence-electron chi connectivity index (χ2n) is 11.1. The van der Waals surface area contributed by atoms with E-state index in [-0.39, 0.29) is 17.6 Å². The third-order valence-corrected chi connectivity index (χ3v) is 10.8. The molecule has 2 fully saturated rings. The van der Waals surface area contributed by atoms with Crippen LogP contribution in [0.5, 0.6) is 11.5 Å². The molecule has 2 aliphatic rings. The highest BCUT2D eigenvalue weighted by Crippen LogP contribution is 2.37. The molecule has 0 bridgehead atoms. The van der Waals surface area contributed by atoms with E-state index in [4.69, 9.17) is 32.2 Å². The summed E-state index contributed by atoms with van der Waals surface area (Å²) in [5, 5.41) is 0. The topological polar surface area (TPSA) is 71.2 Å². The first-order valence-electron chi connectivity index (χ1n) is 15.1. The molecule has 2 aromatic rings. The summed E-state index contributed by atoms with van der Waals surface area (Å²) in [5.74, 6) is 1.81. The summed E-state index contributed by atoms with van der Waals surface area (Å²) in [6, 6.07) is 13.9. The molecule has 0 aromatic heterocycles. The molecule has 4 rings (SSSR count). The van der Waals surface area contributed by atoms with Crippen LogP contribution in [-0.2, 0) is 41.0 Å². The van der Waals surface area contributed by atoms with Crippen molar-refractivity contribution in [1.82, 2.24) is 0 Å². The predicted octanol–water partition coefficient (Wildman–Crippen LogP) is 6.28. The van der Waals surface area contributed by atoms with Gasteiger partial charge in [-0.15, -0.1) is 6.58 Å². The summed E-state index contributed by atoms with van der Waals surface area (Å²) in [6.45, 7) is 19.0. The Hall–Kier alpha value is -2.20. The zero-order valence-electron chi connectivity index (χ0n) is 25.5. The van der Waals surface area contributed by atoms with Crippen LogP contribution in [0.3, 0.4) is 0 Å². The molecule has 0 aliphatic carbocycles. The molecule has 0 saturated carbocycles. The molecule has 0 radical (unpaired) electrons. The van der Waals surface area contributed by atoms with Gasteiger partial charge in [-0.2, -0.15) is 0 Å². The van der Waals surface area contributed by atoms with Gasteiger partial charge >= 0.3 is 8.80 Å². The third kappa shape index (κ3) is 8.89. The van der Waals surface area contributed by atoms with Crippen LogP contribution in [0, 0.1) is 0 Å². The number of hydrogen-bond acceptors (Lipinski definition) is 7. The molecule has 2 aliphatic heterocycles. The van der Waals surface area contributed by atoms with E-state index >= 15 is 0 Å². The van der Waals surface area contributed by atoms with Crippen molar-refractivity contribution in [3.8, 4) is 11.5 Å². The zero-order chi connectivity index (χ0) is 29.3. The van der Waals surface area contributed by atoms with Gasteiger partial charge in [0, 0.05) is 31.3 Å². The fourth-order valence-corrected chi connectivity index (χ4v) is 7.70. The quantitative estimate of drug-likeness (QED) is 0.103. The summed E-state index contributed by atoms with van der Waals surface area (Å²) >= 11 is 0. The summed E-state index contributed by atoms with van der Waals surface area (Å²) in [5.41, 5.74) is 4.54. The average Bonchev–Trinajstić information content (AvgIpc) is 3.88. The fraction of sp³-hybridized carbons (Fsp3) is 0.576. The molecule has 2 atom stereocenters. The molecule has 7 nitrogen and oxygen atoms in total. The predicted molar refractivity (Wildman–Crippen MR) is 163 cm³/mol. The first-order valence-corrected chi connectivity index (χ1v) is 17.1. The van der Waals surface area contributed by atoms with E-state index in [2.05, 4.69) is 56.8 Å². The largest absolute Gasteiger partial charge is 0.500 e. The number of epoxide rings is 2. The van der Waals surface area contributed by atoms with E-state index in [1.807, 2.05) is 26.8 Å². The number of ether oxygens (including phenoxy) is 4. The molecular formula is C33H48O7Si. The fourth-order valence-electron chi connectivity index (χ4n) is 5.09. The first kappa shape index (κ1) is 31.7. The SMILES string of the molecule is C=CCc1cc(C(C)(C)c2ccc(OCC3CO3)c(CCC[Si](OCC)(OCC)OCC)c2)ccc1OCC1CO1. The lowest BCUT2D eigenvalue weighted by Crippen LogP contribution is -2.46. The van der Waals surface area contributed by atoms with Crippen LogP contribution in [0.25, 0.3) is 0 Å². The summed E-state index contributed by atoms with van der Waals surface area (Å²) in [4.78, 5) is 0. The smallest absolute Gasteiger partial charge is 0.491 e. The second-order valence-corrected chi connectivity index (χ2v) is 13.9. The highest BCUT2D eigenvalue weighted by atomic mass is 28.4. The molecule has 2 aromatic carbocycles. The highest BCUT2D eigenvalue weighted by molar-refractivity contribution is 6.60. The van der Waals surface area contributed by atoms with E-state index in [1.54, 1.807) is 0 Å². The highest BCUT2D eigenvalue weighted by Gasteiger charge is 2.39. The number of allylic oxidation sites excluding steroid dienone is 1. The molecule has 0 N–H and O–H groups in total. The minimum atomic E-state index is -2.71. The van der Waals surface area contributed by atoms with Crippen molar-refractivity contribution in [2.75, 3.05) is 46.2 Å². The van der Waals surface area contributed by atoms with Gasteiger partial charge in [0.1, 0.15) is 36.9 Å². The minimum Gasteiger partial charge on any atom is -0.491 e. The molecule has 0 amide bonds. The Bertz CT molecular complexity index is 1110. The lowest BCUT2D eigenvalue weighted by atomic mass is 9.76. The Kier molecular flexibility index (Phi) is 11.5. The standard InChI is InChI=1S/C33H48O7Si/c1-7-12-25-19-27(14-16-31(25)36-23-29-21-34-29)33(5,6)28-15-17-32(37-24-30-22-35-30)26(20-28)13-11-18-41(38-8-2,39-9-3)40-10-4/h7,14-17,19-20,29-30H,1,8-13,18,21-24H2,2-6H3. The van der Waals surface area contributed by atoms with Gasteiger partial charge in [-0.1, -0.05) is 44.2 Å². The Morgan fingerprint density at radius 2 is 1.32 bits per heavy atom. The van der Waals surface area contributed by atoms with Crippen LogP contribution < -0.4 is 9.47 Å². The van der Waals surface area contributed by atoms with Gasteiger partial charge in [0.25, 0.3) is 0 Å². The van der Waals surface area contributed by atoms with Crippen LogP contribution in [0.1, 0.15) is 63.3 Å². The van der Waals surface area contributed by atoms with Crippen molar-refractivity contribution < 1.29 is 32.2 Å². The minimum absolute atomic E-state index is 0.198. The lowest BCUT2D eigenvalue weighted by Gasteiger charge is -2.29. The van der Waals surface area contributed by atoms with Gasteiger partial charge in [0.2, 0.25) is 0 Å². The van der Waals surface area contributed by atoms with Gasteiger partial charge in [0.15, 0.2) is 0 Å². The number of aryl methyl sites for hydroxylation is 1. The molecule has 226 valence electrons. The van der Waals surface area contributed by atoms with Gasteiger partial charge in [-0.05, 0) is 74.4 Å². The maximum absolute atomic E-state index is 6.23. The summed E-state index contributed by atoms with van der Waals surface area (Å²) in [6.07, 6.45) is 4.81. The molecule has 41 heavy (non-hydrogen) atoms. The Morgan fingerprint density at radius 1 is 0.829 bits per heavy atom. The molecule has 8 heteroatoms. The number of benzene rings is 2. The molecule has 2 saturated heterocycles. The van der Waals surface area contributed by atoms with Crippen LogP contribution in [-0.4, -0.2) is 67.3 Å². The van der Waals surface area contributed by atoms with Crippen LogP contribution in [0.2, 0.25) is 6.04 Å². The van der Waals surface area contributed by atoms with Crippen molar-refractivity contribution in [3.63, 3.8) is 0 Å². The van der Waals surface area contributed by atoms with Gasteiger partial charge in [0.05, 0.1) is 13.2 Å². The molecular weight excluding hydrogens is 536 g/mol. The number of rotatable bonds is 20. The van der Waals surface area contributed by atoms with Crippen molar-refractivity contribution >= 4 is 8.80 Å². The monoisotopic (exact) mass is 584 g/mol.